The van der Waals surface area contributed by atoms with Crippen molar-refractivity contribution >= 4 is 0 Å². The number of hydrogen-bond acceptors (Lipinski definition) is 1. The highest BCUT2D eigenvalue weighted by Gasteiger charge is 2.21. The third-order valence-corrected chi connectivity index (χ3v) is 6.98. The molecule has 0 spiro atoms. The van der Waals surface area contributed by atoms with E-state index >= 15 is 0 Å². The molecule has 0 saturated heterocycles. The van der Waals surface area contributed by atoms with Gasteiger partial charge in [-0.25, -0.2) is 0 Å². The summed E-state index contributed by atoms with van der Waals surface area (Å²) in [6, 6.07) is 9.02. The molecule has 150 valence electrons. The van der Waals surface area contributed by atoms with Crippen molar-refractivity contribution in [3.63, 3.8) is 0 Å². The first kappa shape index (κ1) is 20.5. The van der Waals surface area contributed by atoms with Gasteiger partial charge in [-0.2, -0.15) is 0 Å². The van der Waals surface area contributed by atoms with Gasteiger partial charge >= 0.3 is 0 Å². The van der Waals surface area contributed by atoms with E-state index in [9.17, 15) is 0 Å². The first-order valence-electron chi connectivity index (χ1n) is 11.7. The van der Waals surface area contributed by atoms with Crippen LogP contribution in [0.3, 0.4) is 0 Å². The Balaban J connectivity index is 1.40. The summed E-state index contributed by atoms with van der Waals surface area (Å²) in [6.07, 6.45) is 19.9. The molecule has 1 heteroatoms. The number of ether oxygens (including phenoxy) is 1. The van der Waals surface area contributed by atoms with Crippen LogP contribution in [0, 0.1) is 17.8 Å². The van der Waals surface area contributed by atoms with Crippen LogP contribution < -0.4 is 4.74 Å². The molecule has 0 radical (unpaired) electrons. The minimum Gasteiger partial charge on any atom is -0.493 e. The maximum absolute atomic E-state index is 6.10. The molecule has 2 atom stereocenters. The van der Waals surface area contributed by atoms with Crippen LogP contribution in [-0.4, -0.2) is 6.61 Å². The first-order valence-corrected chi connectivity index (χ1v) is 11.7. The molecule has 1 fully saturated rings. The molecule has 0 bridgehead atoms. The van der Waals surface area contributed by atoms with E-state index in [1.807, 2.05) is 0 Å². The molecule has 1 aromatic rings. The van der Waals surface area contributed by atoms with Gasteiger partial charge in [0.2, 0.25) is 0 Å². The van der Waals surface area contributed by atoms with Crippen LogP contribution in [0.25, 0.3) is 0 Å². The fourth-order valence-corrected chi connectivity index (χ4v) is 4.91. The standard InChI is InChI=1S/C26H40O/c1-3-5-6-7-22-8-10-23(11-9-22)20-27-26-18-16-25(17-19-26)24-14-12-21(4-2)13-15-24/h8,10,16-19,21-24H,3-7,9,11-15,20H2,1-2H3. The SMILES string of the molecule is CCCCCC1C=CC(COc2ccc(C3CCC(CC)CC3)cc2)CC1. The Morgan fingerprint density at radius 3 is 2.15 bits per heavy atom. The zero-order chi connectivity index (χ0) is 18.9. The Kier molecular flexibility index (Phi) is 8.30. The van der Waals surface area contributed by atoms with Gasteiger partial charge < -0.3 is 4.74 Å². The predicted molar refractivity (Wildman–Crippen MR) is 116 cm³/mol. The summed E-state index contributed by atoms with van der Waals surface area (Å²) in [5.74, 6) is 4.19. The van der Waals surface area contributed by atoms with Gasteiger partial charge in [0.15, 0.2) is 0 Å². The van der Waals surface area contributed by atoms with Gasteiger partial charge in [0, 0.05) is 5.92 Å². The van der Waals surface area contributed by atoms with Crippen molar-refractivity contribution in [2.24, 2.45) is 17.8 Å². The molecule has 2 aliphatic rings. The molecule has 0 aliphatic heterocycles. The van der Waals surface area contributed by atoms with Crippen LogP contribution in [0.4, 0.5) is 0 Å². The summed E-state index contributed by atoms with van der Waals surface area (Å²) < 4.78 is 6.10. The zero-order valence-corrected chi connectivity index (χ0v) is 17.7. The number of rotatable bonds is 9. The van der Waals surface area contributed by atoms with E-state index in [0.29, 0.717) is 5.92 Å². The molecule has 0 aromatic heterocycles. The van der Waals surface area contributed by atoms with Gasteiger partial charge in [-0.1, -0.05) is 63.8 Å². The summed E-state index contributed by atoms with van der Waals surface area (Å²) in [5.41, 5.74) is 1.52. The normalized spacial score (nSPS) is 28.2. The highest BCUT2D eigenvalue weighted by Crippen LogP contribution is 2.37. The molecular formula is C26H40O. The van der Waals surface area contributed by atoms with Gasteiger partial charge in [0.25, 0.3) is 0 Å². The second-order valence-electron chi connectivity index (χ2n) is 8.98. The molecule has 2 aliphatic carbocycles. The number of hydrogen-bond donors (Lipinski definition) is 0. The van der Waals surface area contributed by atoms with Crippen LogP contribution in [0.2, 0.25) is 0 Å². The summed E-state index contributed by atoms with van der Waals surface area (Å²) in [4.78, 5) is 0. The van der Waals surface area contributed by atoms with Crippen molar-refractivity contribution in [2.75, 3.05) is 6.61 Å². The largest absolute Gasteiger partial charge is 0.493 e. The van der Waals surface area contributed by atoms with Crippen LogP contribution in [0.15, 0.2) is 36.4 Å². The topological polar surface area (TPSA) is 9.23 Å². The molecule has 0 heterocycles. The van der Waals surface area contributed by atoms with E-state index in [-0.39, 0.29) is 0 Å². The zero-order valence-electron chi connectivity index (χ0n) is 17.7. The Morgan fingerprint density at radius 2 is 1.52 bits per heavy atom. The Morgan fingerprint density at radius 1 is 0.815 bits per heavy atom. The van der Waals surface area contributed by atoms with Crippen LogP contribution in [-0.2, 0) is 0 Å². The van der Waals surface area contributed by atoms with E-state index < -0.39 is 0 Å². The van der Waals surface area contributed by atoms with Gasteiger partial charge in [-0.05, 0) is 80.4 Å². The van der Waals surface area contributed by atoms with Crippen molar-refractivity contribution in [1.82, 2.24) is 0 Å². The maximum atomic E-state index is 6.10. The third-order valence-electron chi connectivity index (χ3n) is 6.98. The van der Waals surface area contributed by atoms with Crippen LogP contribution in [0.1, 0.15) is 96.0 Å². The molecule has 1 nitrogen and oxygen atoms in total. The minimum atomic E-state index is 0.594. The average Bonchev–Trinajstić information content (AvgIpc) is 2.74. The minimum absolute atomic E-state index is 0.594. The van der Waals surface area contributed by atoms with Crippen LogP contribution >= 0.6 is 0 Å². The second-order valence-corrected chi connectivity index (χ2v) is 8.98. The quantitative estimate of drug-likeness (QED) is 0.318. The lowest BCUT2D eigenvalue weighted by Gasteiger charge is -2.28. The third kappa shape index (κ3) is 6.40. The second kappa shape index (κ2) is 10.9. The molecule has 1 aromatic carbocycles. The highest BCUT2D eigenvalue weighted by molar-refractivity contribution is 5.29. The van der Waals surface area contributed by atoms with Crippen molar-refractivity contribution in [3.05, 3.63) is 42.0 Å². The number of unbranched alkanes of at least 4 members (excludes halogenated alkanes) is 2. The molecular weight excluding hydrogens is 328 g/mol. The fourth-order valence-electron chi connectivity index (χ4n) is 4.91. The fraction of sp³-hybridized carbons (Fsp3) is 0.692. The monoisotopic (exact) mass is 368 g/mol. The van der Waals surface area contributed by atoms with Crippen molar-refractivity contribution in [1.29, 1.82) is 0 Å². The lowest BCUT2D eigenvalue weighted by molar-refractivity contribution is 0.253. The average molecular weight is 369 g/mol. The van der Waals surface area contributed by atoms with Gasteiger partial charge in [0.1, 0.15) is 5.75 Å². The van der Waals surface area contributed by atoms with Crippen LogP contribution in [0.5, 0.6) is 5.75 Å². The lowest BCUT2D eigenvalue weighted by atomic mass is 9.78. The number of allylic oxidation sites excluding steroid dienone is 1. The first-order chi connectivity index (χ1) is 13.3. The molecule has 2 unspecified atom stereocenters. The van der Waals surface area contributed by atoms with Gasteiger partial charge in [0.05, 0.1) is 6.61 Å². The molecule has 0 N–H and O–H groups in total. The van der Waals surface area contributed by atoms with E-state index in [1.54, 1.807) is 0 Å². The maximum Gasteiger partial charge on any atom is 0.119 e. The Hall–Kier alpha value is -1.24. The molecule has 27 heavy (non-hydrogen) atoms. The van der Waals surface area contributed by atoms with E-state index in [1.165, 1.54) is 76.2 Å². The highest BCUT2D eigenvalue weighted by atomic mass is 16.5. The molecule has 3 rings (SSSR count). The van der Waals surface area contributed by atoms with Crippen molar-refractivity contribution < 1.29 is 4.74 Å². The summed E-state index contributed by atoms with van der Waals surface area (Å²) in [5, 5.41) is 0. The van der Waals surface area contributed by atoms with E-state index in [4.69, 9.17) is 4.74 Å². The lowest BCUT2D eigenvalue weighted by Crippen LogP contribution is -2.15. The Bertz CT molecular complexity index is 550. The van der Waals surface area contributed by atoms with Gasteiger partial charge in [-0.15, -0.1) is 0 Å². The summed E-state index contributed by atoms with van der Waals surface area (Å²) in [7, 11) is 0. The van der Waals surface area contributed by atoms with Gasteiger partial charge in [-0.3, -0.25) is 0 Å². The molecule has 0 amide bonds. The smallest absolute Gasteiger partial charge is 0.119 e. The van der Waals surface area contributed by atoms with Crippen molar-refractivity contribution in [2.45, 2.75) is 90.4 Å². The molecule has 1 saturated carbocycles. The predicted octanol–water partition coefficient (Wildman–Crippen LogP) is 7.91. The summed E-state index contributed by atoms with van der Waals surface area (Å²) in [6.45, 7) is 5.46. The number of benzene rings is 1. The van der Waals surface area contributed by atoms with E-state index in [2.05, 4.69) is 50.3 Å². The van der Waals surface area contributed by atoms with E-state index in [0.717, 1.165) is 30.1 Å². The Labute approximate surface area is 167 Å². The summed E-state index contributed by atoms with van der Waals surface area (Å²) >= 11 is 0. The van der Waals surface area contributed by atoms with Crippen molar-refractivity contribution in [3.8, 4) is 5.75 Å².